The molecule has 2 heterocycles. The number of nitrogens with one attached hydrogen (secondary N) is 1. The van der Waals surface area contributed by atoms with E-state index in [4.69, 9.17) is 9.47 Å². The van der Waals surface area contributed by atoms with E-state index in [1.807, 2.05) is 30.5 Å². The first-order valence-electron chi connectivity index (χ1n) is 8.57. The van der Waals surface area contributed by atoms with Gasteiger partial charge in [0.15, 0.2) is 11.5 Å². The van der Waals surface area contributed by atoms with Crippen molar-refractivity contribution in [2.45, 2.75) is 18.9 Å². The maximum atomic E-state index is 5.45. The summed E-state index contributed by atoms with van der Waals surface area (Å²) in [6.07, 6.45) is 4.15. The zero-order valence-electron chi connectivity index (χ0n) is 13.7. The summed E-state index contributed by atoms with van der Waals surface area (Å²) in [4.78, 5) is 4.60. The van der Waals surface area contributed by atoms with E-state index < -0.39 is 0 Å². The molecule has 0 saturated heterocycles. The third-order valence-corrected chi connectivity index (χ3v) is 4.92. The smallest absolute Gasteiger partial charge is 0.231 e. The fourth-order valence-corrected chi connectivity index (χ4v) is 3.61. The molecule has 0 spiro atoms. The second kappa shape index (κ2) is 5.81. The molecule has 124 valence electrons. The molecule has 1 aliphatic heterocycles. The fraction of sp³-hybridized carbons (Fsp3) is 0.190. The molecular formula is C21H18N2O2. The molecule has 0 amide bonds. The highest BCUT2D eigenvalue weighted by molar-refractivity contribution is 5.67. The Bertz CT molecular complexity index is 921. The normalized spacial score (nSPS) is 17.4. The molecule has 5 rings (SSSR count). The van der Waals surface area contributed by atoms with Gasteiger partial charge in [0, 0.05) is 11.8 Å². The van der Waals surface area contributed by atoms with Crippen LogP contribution in [0.3, 0.4) is 0 Å². The Morgan fingerprint density at radius 1 is 0.920 bits per heavy atom. The number of hydrogen-bond donors (Lipinski definition) is 1. The molecule has 0 bridgehead atoms. The minimum atomic E-state index is 0.294. The quantitative estimate of drug-likeness (QED) is 0.763. The predicted octanol–water partition coefficient (Wildman–Crippen LogP) is 4.58. The van der Waals surface area contributed by atoms with Crippen LogP contribution in [0.25, 0.3) is 11.1 Å². The van der Waals surface area contributed by atoms with Crippen LogP contribution < -0.4 is 14.8 Å². The lowest BCUT2D eigenvalue weighted by atomic mass is 10.1. The average molecular weight is 330 g/mol. The van der Waals surface area contributed by atoms with Gasteiger partial charge in [-0.2, -0.15) is 0 Å². The molecule has 1 atom stereocenters. The first kappa shape index (κ1) is 14.3. The first-order valence-corrected chi connectivity index (χ1v) is 8.57. The van der Waals surface area contributed by atoms with E-state index in [9.17, 15) is 0 Å². The maximum Gasteiger partial charge on any atom is 0.231 e. The number of aryl methyl sites for hydroxylation is 1. The lowest BCUT2D eigenvalue weighted by molar-refractivity contribution is 0.174. The number of ether oxygens (including phenoxy) is 2. The number of rotatable bonds is 3. The van der Waals surface area contributed by atoms with E-state index in [1.54, 1.807) is 0 Å². The SMILES string of the molecule is c1ccc2c(c1)CCC2Nc1ccc(-c2ccc3c(c2)OCO3)cn1. The molecule has 0 fully saturated rings. The molecule has 4 heteroatoms. The van der Waals surface area contributed by atoms with Crippen molar-refractivity contribution in [3.8, 4) is 22.6 Å². The van der Waals surface area contributed by atoms with Gasteiger partial charge in [-0.3, -0.25) is 0 Å². The Labute approximate surface area is 146 Å². The highest BCUT2D eigenvalue weighted by Gasteiger charge is 2.21. The molecule has 2 aromatic carbocycles. The van der Waals surface area contributed by atoms with E-state index in [0.717, 1.165) is 41.3 Å². The molecular weight excluding hydrogens is 312 g/mol. The van der Waals surface area contributed by atoms with Gasteiger partial charge in [0.2, 0.25) is 6.79 Å². The molecule has 0 saturated carbocycles. The standard InChI is InChI=1S/C21H18N2O2/c1-2-4-17-14(3-1)5-8-18(17)23-21-10-7-16(12-22-21)15-6-9-19-20(11-15)25-13-24-19/h1-4,6-7,9-12,18H,5,8,13H2,(H,22,23). The van der Waals surface area contributed by atoms with E-state index in [2.05, 4.69) is 40.6 Å². The first-order chi connectivity index (χ1) is 12.4. The van der Waals surface area contributed by atoms with Crippen LogP contribution in [-0.2, 0) is 6.42 Å². The van der Waals surface area contributed by atoms with E-state index >= 15 is 0 Å². The summed E-state index contributed by atoms with van der Waals surface area (Å²) in [6, 6.07) is 19.1. The number of anilines is 1. The zero-order valence-corrected chi connectivity index (χ0v) is 13.7. The summed E-state index contributed by atoms with van der Waals surface area (Å²) in [5.41, 5.74) is 4.98. The topological polar surface area (TPSA) is 43.4 Å². The van der Waals surface area contributed by atoms with Crippen molar-refractivity contribution in [1.82, 2.24) is 4.98 Å². The Balaban J connectivity index is 1.36. The Morgan fingerprint density at radius 3 is 2.72 bits per heavy atom. The number of aromatic nitrogens is 1. The lowest BCUT2D eigenvalue weighted by Crippen LogP contribution is -2.08. The second-order valence-electron chi connectivity index (χ2n) is 6.43. The molecule has 2 aliphatic rings. The fourth-order valence-electron chi connectivity index (χ4n) is 3.61. The summed E-state index contributed by atoms with van der Waals surface area (Å²) < 4.78 is 10.8. The van der Waals surface area contributed by atoms with Gasteiger partial charge in [0.1, 0.15) is 5.82 Å². The molecule has 1 aromatic heterocycles. The minimum Gasteiger partial charge on any atom is -0.454 e. The highest BCUT2D eigenvalue weighted by Crippen LogP contribution is 2.36. The van der Waals surface area contributed by atoms with Crippen molar-refractivity contribution >= 4 is 5.82 Å². The summed E-state index contributed by atoms with van der Waals surface area (Å²) in [7, 11) is 0. The Kier molecular flexibility index (Phi) is 3.33. The van der Waals surface area contributed by atoms with Gasteiger partial charge in [-0.1, -0.05) is 30.3 Å². The van der Waals surface area contributed by atoms with Crippen LogP contribution in [0.1, 0.15) is 23.6 Å². The third-order valence-electron chi connectivity index (χ3n) is 4.92. The summed E-state index contributed by atoms with van der Waals surface area (Å²) in [5, 5.41) is 3.56. The van der Waals surface area contributed by atoms with Crippen LogP contribution in [0.2, 0.25) is 0 Å². The van der Waals surface area contributed by atoms with Crippen LogP contribution in [-0.4, -0.2) is 11.8 Å². The highest BCUT2D eigenvalue weighted by atomic mass is 16.7. The second-order valence-corrected chi connectivity index (χ2v) is 6.43. The van der Waals surface area contributed by atoms with Crippen molar-refractivity contribution in [1.29, 1.82) is 0 Å². The van der Waals surface area contributed by atoms with Gasteiger partial charge in [0.25, 0.3) is 0 Å². The molecule has 1 aliphatic carbocycles. The number of benzene rings is 2. The third kappa shape index (κ3) is 2.60. The molecule has 1 N–H and O–H groups in total. The van der Waals surface area contributed by atoms with Gasteiger partial charge in [-0.15, -0.1) is 0 Å². The molecule has 1 unspecified atom stereocenters. The number of pyridine rings is 1. The van der Waals surface area contributed by atoms with Gasteiger partial charge in [-0.25, -0.2) is 4.98 Å². The van der Waals surface area contributed by atoms with E-state index in [1.165, 1.54) is 11.1 Å². The Morgan fingerprint density at radius 2 is 1.80 bits per heavy atom. The van der Waals surface area contributed by atoms with Gasteiger partial charge < -0.3 is 14.8 Å². The van der Waals surface area contributed by atoms with Gasteiger partial charge in [-0.05, 0) is 53.8 Å². The van der Waals surface area contributed by atoms with Crippen molar-refractivity contribution in [3.05, 3.63) is 71.9 Å². The van der Waals surface area contributed by atoms with Crippen LogP contribution in [0.4, 0.5) is 5.82 Å². The maximum absolute atomic E-state index is 5.45. The van der Waals surface area contributed by atoms with Crippen LogP contribution in [0.15, 0.2) is 60.8 Å². The van der Waals surface area contributed by atoms with Crippen molar-refractivity contribution in [2.24, 2.45) is 0 Å². The van der Waals surface area contributed by atoms with Gasteiger partial charge >= 0.3 is 0 Å². The summed E-state index contributed by atoms with van der Waals surface area (Å²) in [6.45, 7) is 0.294. The molecule has 3 aromatic rings. The lowest BCUT2D eigenvalue weighted by Gasteiger charge is -2.15. The largest absolute Gasteiger partial charge is 0.454 e. The van der Waals surface area contributed by atoms with Gasteiger partial charge in [0.05, 0.1) is 6.04 Å². The van der Waals surface area contributed by atoms with Crippen molar-refractivity contribution in [3.63, 3.8) is 0 Å². The van der Waals surface area contributed by atoms with Crippen LogP contribution >= 0.6 is 0 Å². The van der Waals surface area contributed by atoms with E-state index in [-0.39, 0.29) is 0 Å². The minimum absolute atomic E-state index is 0.294. The van der Waals surface area contributed by atoms with Crippen molar-refractivity contribution < 1.29 is 9.47 Å². The number of hydrogen-bond acceptors (Lipinski definition) is 4. The predicted molar refractivity (Wildman–Crippen MR) is 96.9 cm³/mol. The summed E-state index contributed by atoms with van der Waals surface area (Å²) in [5.74, 6) is 2.50. The summed E-state index contributed by atoms with van der Waals surface area (Å²) >= 11 is 0. The Hall–Kier alpha value is -3.01. The van der Waals surface area contributed by atoms with Crippen LogP contribution in [0, 0.1) is 0 Å². The van der Waals surface area contributed by atoms with Crippen molar-refractivity contribution in [2.75, 3.05) is 12.1 Å². The average Bonchev–Trinajstić information content (AvgIpc) is 3.29. The number of fused-ring (bicyclic) bond motifs is 2. The zero-order chi connectivity index (χ0) is 16.6. The van der Waals surface area contributed by atoms with Crippen LogP contribution in [0.5, 0.6) is 11.5 Å². The molecule has 25 heavy (non-hydrogen) atoms. The number of nitrogens with zero attached hydrogens (tertiary/aromatic N) is 1. The molecule has 4 nitrogen and oxygen atoms in total. The monoisotopic (exact) mass is 330 g/mol. The molecule has 0 radical (unpaired) electrons. The van der Waals surface area contributed by atoms with E-state index in [0.29, 0.717) is 12.8 Å².